The summed E-state index contributed by atoms with van der Waals surface area (Å²) < 4.78 is 51.8. The Kier molecular flexibility index (Phi) is 7.62. The van der Waals surface area contributed by atoms with Gasteiger partial charge in [-0.15, -0.1) is 11.3 Å². The Bertz CT molecular complexity index is 696. The van der Waals surface area contributed by atoms with Gasteiger partial charge in [0.2, 0.25) is 20.0 Å². The third kappa shape index (κ3) is 7.27. The molecule has 0 spiro atoms. The molecule has 23 heavy (non-hydrogen) atoms. The lowest BCUT2D eigenvalue weighted by Crippen LogP contribution is -2.39. The van der Waals surface area contributed by atoms with Crippen LogP contribution in [-0.2, 0) is 20.0 Å². The van der Waals surface area contributed by atoms with Gasteiger partial charge < -0.3 is 4.90 Å². The number of nitrogens with zero attached hydrogens (tertiary/aromatic N) is 2. The molecule has 0 fully saturated rings. The van der Waals surface area contributed by atoms with Crippen LogP contribution in [0.1, 0.15) is 11.3 Å². The summed E-state index contributed by atoms with van der Waals surface area (Å²) in [6.45, 7) is 3.15. The molecule has 7 nitrogen and oxygen atoms in total. The lowest BCUT2D eigenvalue weighted by Gasteiger charge is -2.21. The molecule has 0 bridgehead atoms. The Morgan fingerprint density at radius 1 is 1.09 bits per heavy atom. The van der Waals surface area contributed by atoms with Crippen LogP contribution in [0.25, 0.3) is 0 Å². The quantitative estimate of drug-likeness (QED) is 0.637. The molecule has 0 saturated heterocycles. The largest absolute Gasteiger partial charge is 0.309 e. The van der Waals surface area contributed by atoms with Gasteiger partial charge in [-0.1, -0.05) is 0 Å². The van der Waals surface area contributed by atoms with Crippen molar-refractivity contribution < 1.29 is 16.8 Å². The van der Waals surface area contributed by atoms with Crippen LogP contribution in [0.15, 0.2) is 16.3 Å². The summed E-state index contributed by atoms with van der Waals surface area (Å²) in [7, 11) is -3.10. The van der Waals surface area contributed by atoms with E-state index in [-0.39, 0.29) is 17.3 Å². The molecule has 1 aromatic rings. The van der Waals surface area contributed by atoms with E-state index in [1.54, 1.807) is 12.1 Å². The highest BCUT2D eigenvalue weighted by atomic mass is 32.2. The van der Waals surface area contributed by atoms with E-state index in [9.17, 15) is 16.8 Å². The average molecular weight is 384 g/mol. The Balaban J connectivity index is 2.58. The van der Waals surface area contributed by atoms with Gasteiger partial charge in [0, 0.05) is 24.5 Å². The van der Waals surface area contributed by atoms with Gasteiger partial charge in [-0.05, 0) is 46.1 Å². The van der Waals surface area contributed by atoms with Crippen molar-refractivity contribution in [3.63, 3.8) is 0 Å². The molecular weight excluding hydrogens is 358 g/mol. The number of aryl methyl sites for hydroxylation is 1. The maximum absolute atomic E-state index is 12.1. The minimum absolute atomic E-state index is 0.0499. The third-order valence-electron chi connectivity index (χ3n) is 3.12. The molecule has 1 heterocycles. The Labute approximate surface area is 143 Å². The molecule has 0 aliphatic carbocycles. The molecule has 0 aliphatic rings. The van der Waals surface area contributed by atoms with E-state index in [2.05, 4.69) is 4.72 Å². The number of rotatable bonds is 10. The summed E-state index contributed by atoms with van der Waals surface area (Å²) >= 11 is 1.19. The molecule has 134 valence electrons. The van der Waals surface area contributed by atoms with E-state index in [0.717, 1.165) is 17.7 Å². The molecule has 0 saturated carbocycles. The molecule has 1 aromatic heterocycles. The predicted octanol–water partition coefficient (Wildman–Crippen LogP) is 0.548. The zero-order chi connectivity index (χ0) is 17.7. The Morgan fingerprint density at radius 3 is 2.22 bits per heavy atom. The van der Waals surface area contributed by atoms with Crippen molar-refractivity contribution >= 4 is 31.4 Å². The number of sulfonamides is 2. The lowest BCUT2D eigenvalue weighted by molar-refractivity contribution is 0.352. The van der Waals surface area contributed by atoms with Crippen molar-refractivity contribution in [1.29, 1.82) is 0 Å². The predicted molar refractivity (Wildman–Crippen MR) is 93.8 cm³/mol. The van der Waals surface area contributed by atoms with Crippen LogP contribution in [-0.4, -0.2) is 72.6 Å². The monoisotopic (exact) mass is 383 g/mol. The summed E-state index contributed by atoms with van der Waals surface area (Å²) in [6.07, 6.45) is 1.83. The maximum Gasteiger partial charge on any atom is 0.250 e. The maximum atomic E-state index is 12.1. The summed E-state index contributed by atoms with van der Waals surface area (Å²) in [6, 6.07) is 3.29. The molecule has 0 unspecified atom stereocenters. The van der Waals surface area contributed by atoms with Gasteiger partial charge >= 0.3 is 0 Å². The number of hydrogen-bond donors (Lipinski definition) is 1. The minimum Gasteiger partial charge on any atom is -0.309 e. The highest BCUT2D eigenvalue weighted by Crippen LogP contribution is 2.20. The number of nitrogens with one attached hydrogen (secondary N) is 1. The van der Waals surface area contributed by atoms with Crippen LogP contribution < -0.4 is 4.72 Å². The highest BCUT2D eigenvalue weighted by Gasteiger charge is 2.19. The van der Waals surface area contributed by atoms with Crippen molar-refractivity contribution in [2.24, 2.45) is 0 Å². The molecule has 1 N–H and O–H groups in total. The van der Waals surface area contributed by atoms with E-state index < -0.39 is 20.0 Å². The number of thiophene rings is 1. The molecule has 0 aliphatic heterocycles. The van der Waals surface area contributed by atoms with Gasteiger partial charge in [-0.2, -0.15) is 0 Å². The summed E-state index contributed by atoms with van der Waals surface area (Å²) in [5.74, 6) is 0. The lowest BCUT2D eigenvalue weighted by atomic mass is 10.4. The van der Waals surface area contributed by atoms with Gasteiger partial charge in [-0.3, -0.25) is 0 Å². The van der Waals surface area contributed by atoms with Gasteiger partial charge in [0.15, 0.2) is 0 Å². The molecule has 0 radical (unpaired) electrons. The zero-order valence-electron chi connectivity index (χ0n) is 13.9. The van der Waals surface area contributed by atoms with E-state index >= 15 is 0 Å². The normalized spacial score (nSPS) is 13.1. The van der Waals surface area contributed by atoms with Crippen LogP contribution in [0.2, 0.25) is 0 Å². The second kappa shape index (κ2) is 8.54. The second-order valence-electron chi connectivity index (χ2n) is 5.58. The topological polar surface area (TPSA) is 86.8 Å². The third-order valence-corrected chi connectivity index (χ3v) is 7.37. The molecule has 0 amide bonds. The SMILES string of the molecule is Cc1ccc(S(=O)(=O)NCCN(CCCN(C)C)S(C)(=O)=O)s1. The molecular formula is C13H25N3O4S3. The Morgan fingerprint density at radius 2 is 1.74 bits per heavy atom. The van der Waals surface area contributed by atoms with Crippen LogP contribution in [0.3, 0.4) is 0 Å². The van der Waals surface area contributed by atoms with Crippen LogP contribution in [0, 0.1) is 6.92 Å². The van der Waals surface area contributed by atoms with Crippen LogP contribution in [0.4, 0.5) is 0 Å². The molecule has 0 atom stereocenters. The van der Waals surface area contributed by atoms with Crippen LogP contribution in [0.5, 0.6) is 0 Å². The van der Waals surface area contributed by atoms with Crippen molar-refractivity contribution in [2.75, 3.05) is 46.5 Å². The Hall–Kier alpha value is -0.520. The van der Waals surface area contributed by atoms with Gasteiger partial charge in [0.05, 0.1) is 6.26 Å². The van der Waals surface area contributed by atoms with E-state index in [1.807, 2.05) is 25.9 Å². The molecule has 0 aromatic carbocycles. The minimum atomic E-state index is -3.58. The van der Waals surface area contributed by atoms with E-state index in [0.29, 0.717) is 13.0 Å². The summed E-state index contributed by atoms with van der Waals surface area (Å²) in [4.78, 5) is 2.88. The summed E-state index contributed by atoms with van der Waals surface area (Å²) in [5.41, 5.74) is 0. The fourth-order valence-corrected chi connectivity index (χ4v) is 5.17. The van der Waals surface area contributed by atoms with Crippen molar-refractivity contribution in [2.45, 2.75) is 17.6 Å². The second-order valence-corrected chi connectivity index (χ2v) is 10.8. The molecule has 1 rings (SSSR count). The van der Waals surface area contributed by atoms with Gasteiger partial charge in [-0.25, -0.2) is 25.9 Å². The highest BCUT2D eigenvalue weighted by molar-refractivity contribution is 7.91. The van der Waals surface area contributed by atoms with Crippen molar-refractivity contribution in [3.8, 4) is 0 Å². The smallest absolute Gasteiger partial charge is 0.250 e. The zero-order valence-corrected chi connectivity index (χ0v) is 16.4. The molecule has 10 heteroatoms. The summed E-state index contributed by atoms with van der Waals surface area (Å²) in [5, 5.41) is 0. The van der Waals surface area contributed by atoms with Crippen LogP contribution >= 0.6 is 11.3 Å². The van der Waals surface area contributed by atoms with E-state index in [4.69, 9.17) is 0 Å². The van der Waals surface area contributed by atoms with Crippen molar-refractivity contribution in [3.05, 3.63) is 17.0 Å². The van der Waals surface area contributed by atoms with Gasteiger partial charge in [0.1, 0.15) is 4.21 Å². The average Bonchev–Trinajstić information content (AvgIpc) is 2.83. The van der Waals surface area contributed by atoms with E-state index in [1.165, 1.54) is 15.6 Å². The first-order chi connectivity index (χ1) is 10.5. The standard InChI is InChI=1S/C13H25N3O4S3/c1-12-6-7-13(21-12)23(19,20)14-8-11-16(22(4,17)18)10-5-9-15(2)3/h6-7,14H,5,8-11H2,1-4H3. The number of hydrogen-bond acceptors (Lipinski definition) is 6. The van der Waals surface area contributed by atoms with Crippen molar-refractivity contribution in [1.82, 2.24) is 13.9 Å². The fraction of sp³-hybridized carbons (Fsp3) is 0.692. The fourth-order valence-electron chi connectivity index (χ4n) is 1.94. The first-order valence-electron chi connectivity index (χ1n) is 7.18. The van der Waals surface area contributed by atoms with Gasteiger partial charge in [0.25, 0.3) is 0 Å². The first kappa shape index (κ1) is 20.5. The first-order valence-corrected chi connectivity index (χ1v) is 11.3.